The smallest absolute Gasteiger partial charge is 0.349 e. The number of nitrogens with two attached hydrogens (primary N) is 1. The van der Waals surface area contributed by atoms with Crippen molar-refractivity contribution in [3.63, 3.8) is 0 Å². The van der Waals surface area contributed by atoms with Crippen LogP contribution < -0.4 is 11.4 Å². The second-order valence-corrected chi connectivity index (χ2v) is 3.67. The number of hydrogen-bond acceptors (Lipinski definition) is 3. The molecular formula is C9H15N3O. The molecule has 4 heteroatoms. The summed E-state index contributed by atoms with van der Waals surface area (Å²) in [6, 6.07) is 1.64. The monoisotopic (exact) mass is 181 g/mol. The fraction of sp³-hybridized carbons (Fsp3) is 0.556. The van der Waals surface area contributed by atoms with Crippen LogP contribution in [0.2, 0.25) is 0 Å². The van der Waals surface area contributed by atoms with Crippen LogP contribution in [-0.2, 0) is 5.54 Å². The number of hydrogen-bond donors (Lipinski definition) is 1. The molecule has 1 heterocycles. The van der Waals surface area contributed by atoms with Gasteiger partial charge in [0.1, 0.15) is 5.82 Å². The highest BCUT2D eigenvalue weighted by molar-refractivity contribution is 5.23. The van der Waals surface area contributed by atoms with Gasteiger partial charge in [-0.3, -0.25) is 4.57 Å². The standard InChI is InChI=1S/C9H15N3O/c1-4-9(2,3)12-6-5-7(10)11-8(12)13/h5-6H,4H2,1-3H3,(H2,10,11,13). The van der Waals surface area contributed by atoms with E-state index in [4.69, 9.17) is 5.73 Å². The lowest BCUT2D eigenvalue weighted by atomic mass is 10.0. The van der Waals surface area contributed by atoms with Crippen LogP contribution in [-0.4, -0.2) is 9.55 Å². The molecule has 0 spiro atoms. The van der Waals surface area contributed by atoms with E-state index in [2.05, 4.69) is 4.98 Å². The van der Waals surface area contributed by atoms with Gasteiger partial charge < -0.3 is 5.73 Å². The summed E-state index contributed by atoms with van der Waals surface area (Å²) in [5.74, 6) is 0.271. The molecule has 13 heavy (non-hydrogen) atoms. The molecule has 1 aromatic heterocycles. The lowest BCUT2D eigenvalue weighted by molar-refractivity contribution is 0.327. The van der Waals surface area contributed by atoms with Crippen molar-refractivity contribution in [2.75, 3.05) is 5.73 Å². The van der Waals surface area contributed by atoms with E-state index in [1.807, 2.05) is 20.8 Å². The number of anilines is 1. The molecule has 0 saturated heterocycles. The SMILES string of the molecule is CCC(C)(C)n1ccc(N)nc1=O. The molecule has 0 radical (unpaired) electrons. The molecular weight excluding hydrogens is 166 g/mol. The van der Waals surface area contributed by atoms with E-state index in [1.165, 1.54) is 0 Å². The van der Waals surface area contributed by atoms with E-state index >= 15 is 0 Å². The molecule has 0 aliphatic carbocycles. The topological polar surface area (TPSA) is 60.9 Å². The summed E-state index contributed by atoms with van der Waals surface area (Å²) in [6.45, 7) is 6.02. The molecule has 4 nitrogen and oxygen atoms in total. The Morgan fingerprint density at radius 1 is 1.62 bits per heavy atom. The van der Waals surface area contributed by atoms with Crippen molar-refractivity contribution in [3.05, 3.63) is 22.7 Å². The van der Waals surface area contributed by atoms with Gasteiger partial charge in [-0.25, -0.2) is 4.79 Å². The minimum absolute atomic E-state index is 0.197. The molecule has 0 amide bonds. The van der Waals surface area contributed by atoms with Crippen molar-refractivity contribution in [2.45, 2.75) is 32.7 Å². The summed E-state index contributed by atoms with van der Waals surface area (Å²) < 4.78 is 1.60. The molecule has 0 fully saturated rings. The zero-order valence-electron chi connectivity index (χ0n) is 8.24. The highest BCUT2D eigenvalue weighted by Crippen LogP contribution is 2.16. The average Bonchev–Trinajstić information content (AvgIpc) is 2.03. The maximum atomic E-state index is 11.4. The zero-order valence-corrected chi connectivity index (χ0v) is 8.24. The number of rotatable bonds is 2. The van der Waals surface area contributed by atoms with Crippen molar-refractivity contribution in [3.8, 4) is 0 Å². The molecule has 1 aromatic rings. The van der Waals surface area contributed by atoms with Crippen molar-refractivity contribution in [2.24, 2.45) is 0 Å². The van der Waals surface area contributed by atoms with Gasteiger partial charge in [-0.05, 0) is 26.3 Å². The van der Waals surface area contributed by atoms with Crippen LogP contribution >= 0.6 is 0 Å². The molecule has 0 aliphatic rings. The normalized spacial score (nSPS) is 11.6. The third-order valence-corrected chi connectivity index (χ3v) is 2.34. The Morgan fingerprint density at radius 2 is 2.23 bits per heavy atom. The number of nitrogen functional groups attached to an aromatic ring is 1. The Morgan fingerprint density at radius 3 is 2.69 bits per heavy atom. The van der Waals surface area contributed by atoms with Crippen molar-refractivity contribution < 1.29 is 0 Å². The zero-order chi connectivity index (χ0) is 10.1. The molecule has 2 N–H and O–H groups in total. The van der Waals surface area contributed by atoms with E-state index in [0.29, 0.717) is 0 Å². The summed E-state index contributed by atoms with van der Waals surface area (Å²) in [5, 5.41) is 0. The predicted octanol–water partition coefficient (Wildman–Crippen LogP) is 0.971. The second-order valence-electron chi connectivity index (χ2n) is 3.67. The Bertz CT molecular complexity index is 354. The lowest BCUT2D eigenvalue weighted by Crippen LogP contribution is -2.36. The van der Waals surface area contributed by atoms with E-state index in [0.717, 1.165) is 6.42 Å². The third kappa shape index (κ3) is 1.88. The Kier molecular flexibility index (Phi) is 2.40. The largest absolute Gasteiger partial charge is 0.383 e. The van der Waals surface area contributed by atoms with Crippen LogP contribution in [0.1, 0.15) is 27.2 Å². The molecule has 0 aliphatic heterocycles. The number of aromatic nitrogens is 2. The van der Waals surface area contributed by atoms with Crippen LogP contribution in [0, 0.1) is 0 Å². The molecule has 0 atom stereocenters. The second kappa shape index (κ2) is 3.20. The lowest BCUT2D eigenvalue weighted by Gasteiger charge is -2.25. The van der Waals surface area contributed by atoms with Gasteiger partial charge in [0.25, 0.3) is 0 Å². The van der Waals surface area contributed by atoms with Crippen molar-refractivity contribution in [1.82, 2.24) is 9.55 Å². The fourth-order valence-electron chi connectivity index (χ4n) is 1.05. The van der Waals surface area contributed by atoms with Crippen molar-refractivity contribution >= 4 is 5.82 Å². The van der Waals surface area contributed by atoms with E-state index in [1.54, 1.807) is 16.8 Å². The van der Waals surface area contributed by atoms with E-state index in [9.17, 15) is 4.79 Å². The highest BCUT2D eigenvalue weighted by Gasteiger charge is 2.18. The van der Waals surface area contributed by atoms with Crippen LogP contribution in [0.5, 0.6) is 0 Å². The summed E-state index contributed by atoms with van der Waals surface area (Å²) in [7, 11) is 0. The summed E-state index contributed by atoms with van der Waals surface area (Å²) in [4.78, 5) is 15.1. The van der Waals surface area contributed by atoms with Gasteiger partial charge in [0, 0.05) is 11.7 Å². The van der Waals surface area contributed by atoms with Crippen molar-refractivity contribution in [1.29, 1.82) is 0 Å². The van der Waals surface area contributed by atoms with Crippen LogP contribution in [0.3, 0.4) is 0 Å². The van der Waals surface area contributed by atoms with Gasteiger partial charge in [-0.2, -0.15) is 4.98 Å². The van der Waals surface area contributed by atoms with Crippen LogP contribution in [0.25, 0.3) is 0 Å². The molecule has 0 aromatic carbocycles. The number of nitrogens with zero attached hydrogens (tertiary/aromatic N) is 2. The fourth-order valence-corrected chi connectivity index (χ4v) is 1.05. The first-order valence-electron chi connectivity index (χ1n) is 4.33. The van der Waals surface area contributed by atoms with Gasteiger partial charge in [0.05, 0.1) is 0 Å². The van der Waals surface area contributed by atoms with E-state index < -0.39 is 0 Å². The maximum absolute atomic E-state index is 11.4. The maximum Gasteiger partial charge on any atom is 0.349 e. The Hall–Kier alpha value is -1.32. The Labute approximate surface area is 77.4 Å². The average molecular weight is 181 g/mol. The van der Waals surface area contributed by atoms with Gasteiger partial charge >= 0.3 is 5.69 Å². The van der Waals surface area contributed by atoms with Gasteiger partial charge in [0.2, 0.25) is 0 Å². The molecule has 0 bridgehead atoms. The molecule has 0 unspecified atom stereocenters. The first kappa shape index (κ1) is 9.77. The minimum atomic E-state index is -0.285. The highest BCUT2D eigenvalue weighted by atomic mass is 16.1. The molecule has 1 rings (SSSR count). The molecule has 0 saturated carbocycles. The summed E-state index contributed by atoms with van der Waals surface area (Å²) >= 11 is 0. The van der Waals surface area contributed by atoms with Gasteiger partial charge in [-0.1, -0.05) is 6.92 Å². The third-order valence-electron chi connectivity index (χ3n) is 2.34. The predicted molar refractivity (Wildman–Crippen MR) is 52.5 cm³/mol. The van der Waals surface area contributed by atoms with Crippen LogP contribution in [0.15, 0.2) is 17.1 Å². The van der Waals surface area contributed by atoms with Crippen LogP contribution in [0.4, 0.5) is 5.82 Å². The first-order chi connectivity index (χ1) is 5.97. The van der Waals surface area contributed by atoms with Gasteiger partial charge in [0.15, 0.2) is 0 Å². The molecule has 72 valence electrons. The minimum Gasteiger partial charge on any atom is -0.383 e. The Balaban J connectivity index is 3.24. The first-order valence-corrected chi connectivity index (χ1v) is 4.33. The summed E-state index contributed by atoms with van der Waals surface area (Å²) in [5.41, 5.74) is 4.91. The quantitative estimate of drug-likeness (QED) is 0.739. The summed E-state index contributed by atoms with van der Waals surface area (Å²) in [6.07, 6.45) is 2.56. The van der Waals surface area contributed by atoms with E-state index in [-0.39, 0.29) is 17.0 Å². The van der Waals surface area contributed by atoms with Gasteiger partial charge in [-0.15, -0.1) is 0 Å².